The summed E-state index contributed by atoms with van der Waals surface area (Å²) in [4.78, 5) is 24.9. The van der Waals surface area contributed by atoms with Gasteiger partial charge in [-0.1, -0.05) is 48.0 Å². The van der Waals surface area contributed by atoms with Crippen molar-refractivity contribution < 1.29 is 23.5 Å². The van der Waals surface area contributed by atoms with Crippen molar-refractivity contribution in [3.63, 3.8) is 0 Å². The zero-order valence-corrected chi connectivity index (χ0v) is 16.3. The van der Waals surface area contributed by atoms with E-state index in [1.807, 2.05) is 36.4 Å². The molecule has 2 aromatic carbocycles. The van der Waals surface area contributed by atoms with Crippen LogP contribution in [0.3, 0.4) is 0 Å². The molecule has 0 aliphatic rings. The van der Waals surface area contributed by atoms with Gasteiger partial charge in [0.05, 0.1) is 6.61 Å². The van der Waals surface area contributed by atoms with Crippen LogP contribution < -0.4 is 5.32 Å². The summed E-state index contributed by atoms with van der Waals surface area (Å²) in [6, 6.07) is 14.4. The fraction of sp³-hybridized carbons (Fsp3) is 0.238. The number of furan rings is 1. The molecule has 1 amide bonds. The lowest BCUT2D eigenvalue weighted by molar-refractivity contribution is -0.129. The van der Waals surface area contributed by atoms with Gasteiger partial charge in [-0.2, -0.15) is 0 Å². The van der Waals surface area contributed by atoms with E-state index in [1.54, 1.807) is 12.1 Å². The van der Waals surface area contributed by atoms with Crippen molar-refractivity contribution >= 4 is 34.4 Å². The maximum Gasteiger partial charge on any atom is 0.375 e. The average Bonchev–Trinajstić information content (AvgIpc) is 3.06. The quantitative estimate of drug-likeness (QED) is 0.603. The molecule has 3 aromatic rings. The number of benzene rings is 2. The number of halogens is 1. The van der Waals surface area contributed by atoms with Gasteiger partial charge in [-0.05, 0) is 24.6 Å². The highest BCUT2D eigenvalue weighted by Crippen LogP contribution is 2.27. The Morgan fingerprint density at radius 3 is 2.61 bits per heavy atom. The van der Waals surface area contributed by atoms with Crippen LogP contribution in [0.5, 0.6) is 0 Å². The molecule has 0 radical (unpaired) electrons. The van der Waals surface area contributed by atoms with Crippen molar-refractivity contribution in [3.8, 4) is 0 Å². The number of esters is 1. The van der Waals surface area contributed by atoms with Crippen molar-refractivity contribution in [2.45, 2.75) is 26.2 Å². The van der Waals surface area contributed by atoms with Crippen LogP contribution in [-0.4, -0.2) is 25.1 Å². The van der Waals surface area contributed by atoms with Crippen LogP contribution in [0.1, 0.15) is 28.6 Å². The van der Waals surface area contributed by atoms with E-state index in [2.05, 4.69) is 5.32 Å². The minimum absolute atomic E-state index is 0.0359. The number of methoxy groups -OCH3 is 1. The average molecular weight is 402 g/mol. The molecule has 1 heterocycles. The summed E-state index contributed by atoms with van der Waals surface area (Å²) < 4.78 is 16.1. The Hall–Kier alpha value is -2.83. The van der Waals surface area contributed by atoms with E-state index in [9.17, 15) is 9.59 Å². The molecule has 0 aliphatic heterocycles. The van der Waals surface area contributed by atoms with Crippen LogP contribution >= 0.6 is 11.6 Å². The first kappa shape index (κ1) is 19.9. The Morgan fingerprint density at radius 1 is 1.14 bits per heavy atom. The fourth-order valence-corrected chi connectivity index (χ4v) is 2.99. The summed E-state index contributed by atoms with van der Waals surface area (Å²) in [6.07, 6.45) is -1.00. The molecule has 0 fully saturated rings. The second kappa shape index (κ2) is 8.91. The van der Waals surface area contributed by atoms with Crippen molar-refractivity contribution in [1.29, 1.82) is 0 Å². The van der Waals surface area contributed by atoms with Crippen molar-refractivity contribution in [1.82, 2.24) is 5.32 Å². The third kappa shape index (κ3) is 4.35. The predicted octanol–water partition coefficient (Wildman–Crippen LogP) is 4.09. The lowest BCUT2D eigenvalue weighted by Gasteiger charge is -2.13. The number of hydrogen-bond donors (Lipinski definition) is 1. The van der Waals surface area contributed by atoms with Gasteiger partial charge in [-0.3, -0.25) is 4.79 Å². The number of carbonyl (C=O) groups excluding carboxylic acids is 2. The van der Waals surface area contributed by atoms with Crippen LogP contribution in [0.4, 0.5) is 0 Å². The number of nitrogens with one attached hydrogen (secondary N) is 1. The van der Waals surface area contributed by atoms with Gasteiger partial charge in [0.25, 0.3) is 5.91 Å². The van der Waals surface area contributed by atoms with Gasteiger partial charge in [0, 0.05) is 29.6 Å². The lowest BCUT2D eigenvalue weighted by Crippen LogP contribution is -2.35. The van der Waals surface area contributed by atoms with E-state index >= 15 is 0 Å². The van der Waals surface area contributed by atoms with E-state index in [0.717, 1.165) is 10.9 Å². The van der Waals surface area contributed by atoms with Crippen molar-refractivity contribution in [3.05, 3.63) is 70.4 Å². The van der Waals surface area contributed by atoms with Gasteiger partial charge in [-0.15, -0.1) is 0 Å². The SMILES string of the molecule is COCc1c(C(=O)OC(C)C(=O)NCc2ccccc2Cl)oc2ccccc12. The highest BCUT2D eigenvalue weighted by molar-refractivity contribution is 6.31. The van der Waals surface area contributed by atoms with E-state index in [0.29, 0.717) is 16.2 Å². The molecule has 28 heavy (non-hydrogen) atoms. The summed E-state index contributed by atoms with van der Waals surface area (Å²) >= 11 is 6.08. The molecule has 0 bridgehead atoms. The first-order valence-electron chi connectivity index (χ1n) is 8.72. The summed E-state index contributed by atoms with van der Waals surface area (Å²) in [6.45, 7) is 1.92. The van der Waals surface area contributed by atoms with Gasteiger partial charge in [-0.25, -0.2) is 4.79 Å². The highest BCUT2D eigenvalue weighted by Gasteiger charge is 2.25. The van der Waals surface area contributed by atoms with Crippen LogP contribution in [0, 0.1) is 0 Å². The zero-order valence-electron chi connectivity index (χ0n) is 15.5. The van der Waals surface area contributed by atoms with Gasteiger partial charge in [0.15, 0.2) is 6.10 Å². The van der Waals surface area contributed by atoms with Crippen LogP contribution in [0.15, 0.2) is 52.9 Å². The first-order valence-corrected chi connectivity index (χ1v) is 9.10. The third-order valence-electron chi connectivity index (χ3n) is 4.24. The molecule has 3 rings (SSSR count). The van der Waals surface area contributed by atoms with Crippen LogP contribution in [-0.2, 0) is 27.4 Å². The monoisotopic (exact) mass is 401 g/mol. The molecule has 0 aliphatic carbocycles. The maximum atomic E-state index is 12.6. The van der Waals surface area contributed by atoms with Crippen molar-refractivity contribution in [2.24, 2.45) is 0 Å². The van der Waals surface area contributed by atoms with Gasteiger partial charge >= 0.3 is 5.97 Å². The largest absolute Gasteiger partial charge is 0.449 e. The molecular weight excluding hydrogens is 382 g/mol. The molecule has 146 valence electrons. The standard InChI is InChI=1S/C21H20ClNO5/c1-13(20(24)23-11-14-7-3-5-9-17(14)22)27-21(25)19-16(12-26-2)15-8-4-6-10-18(15)28-19/h3-10,13H,11-12H2,1-2H3,(H,23,24). The molecule has 0 spiro atoms. The molecule has 1 N–H and O–H groups in total. The second-order valence-corrected chi connectivity index (χ2v) is 6.60. The smallest absolute Gasteiger partial charge is 0.375 e. The molecule has 0 saturated carbocycles. The van der Waals surface area contributed by atoms with Crippen molar-refractivity contribution in [2.75, 3.05) is 7.11 Å². The topological polar surface area (TPSA) is 77.8 Å². The van der Waals surface area contributed by atoms with Gasteiger partial charge < -0.3 is 19.2 Å². The molecule has 1 unspecified atom stereocenters. The summed E-state index contributed by atoms with van der Waals surface area (Å²) in [5.74, 6) is -1.12. The summed E-state index contributed by atoms with van der Waals surface area (Å²) in [5.41, 5.74) is 1.92. The molecule has 1 aromatic heterocycles. The number of fused-ring (bicyclic) bond motifs is 1. The normalized spacial score (nSPS) is 12.0. The lowest BCUT2D eigenvalue weighted by atomic mass is 10.1. The Labute approximate surface area is 167 Å². The Bertz CT molecular complexity index is 997. The number of amides is 1. The minimum atomic E-state index is -1.00. The number of para-hydroxylation sites is 1. The number of ether oxygens (including phenoxy) is 2. The fourth-order valence-electron chi connectivity index (χ4n) is 2.79. The summed E-state index contributed by atoms with van der Waals surface area (Å²) in [7, 11) is 1.53. The van der Waals surface area contributed by atoms with Gasteiger partial charge in [0.1, 0.15) is 5.58 Å². The molecule has 6 nitrogen and oxygen atoms in total. The number of rotatable bonds is 7. The Kier molecular flexibility index (Phi) is 6.34. The molecule has 7 heteroatoms. The highest BCUT2D eigenvalue weighted by atomic mass is 35.5. The van der Waals surface area contributed by atoms with Gasteiger partial charge in [0.2, 0.25) is 5.76 Å². The number of hydrogen-bond acceptors (Lipinski definition) is 5. The van der Waals surface area contributed by atoms with E-state index in [1.165, 1.54) is 14.0 Å². The Balaban J connectivity index is 1.68. The Morgan fingerprint density at radius 2 is 1.86 bits per heavy atom. The second-order valence-electron chi connectivity index (χ2n) is 6.20. The zero-order chi connectivity index (χ0) is 20.1. The predicted molar refractivity (Wildman–Crippen MR) is 105 cm³/mol. The molecule has 0 saturated heterocycles. The molecule has 1 atom stereocenters. The minimum Gasteiger partial charge on any atom is -0.449 e. The van der Waals surface area contributed by atoms with E-state index in [-0.39, 0.29) is 18.9 Å². The van der Waals surface area contributed by atoms with E-state index < -0.39 is 18.0 Å². The first-order chi connectivity index (χ1) is 13.5. The number of carbonyl (C=O) groups is 2. The third-order valence-corrected chi connectivity index (χ3v) is 4.61. The van der Waals surface area contributed by atoms with Crippen LogP contribution in [0.25, 0.3) is 11.0 Å². The van der Waals surface area contributed by atoms with E-state index in [4.69, 9.17) is 25.5 Å². The maximum absolute atomic E-state index is 12.6. The summed E-state index contributed by atoms with van der Waals surface area (Å²) in [5, 5.41) is 4.03. The van der Waals surface area contributed by atoms with Crippen LogP contribution in [0.2, 0.25) is 5.02 Å². The molecular formula is C21H20ClNO5.